The average Bonchev–Trinajstić information content (AvgIpc) is 2.96. The second-order valence-electron chi connectivity index (χ2n) is 8.81. The number of carbonyl (C=O) groups is 2. The number of nitrogens with one attached hydrogen (secondary N) is 1. The van der Waals surface area contributed by atoms with Crippen LogP contribution in [0.1, 0.15) is 52.9 Å². The first-order valence-corrected chi connectivity index (χ1v) is 9.98. The summed E-state index contributed by atoms with van der Waals surface area (Å²) >= 11 is 6.03. The maximum Gasteiger partial charge on any atom is 0.227 e. The Hall–Kier alpha value is -1.55. The Bertz CT molecular complexity index is 675. The van der Waals surface area contributed by atoms with Crippen molar-refractivity contribution in [2.75, 3.05) is 11.4 Å². The summed E-state index contributed by atoms with van der Waals surface area (Å²) in [5.41, 5.74) is 1.10. The molecule has 5 heteroatoms. The average molecular weight is 377 g/mol. The second kappa shape index (κ2) is 7.59. The van der Waals surface area contributed by atoms with Gasteiger partial charge in [-0.25, -0.2) is 0 Å². The zero-order valence-electron chi connectivity index (χ0n) is 15.9. The summed E-state index contributed by atoms with van der Waals surface area (Å²) in [7, 11) is 0. The number of rotatable bonds is 3. The molecule has 2 aliphatic rings. The fraction of sp³-hybridized carbons (Fsp3) is 0.619. The molecule has 1 saturated carbocycles. The minimum absolute atomic E-state index is 0.0103. The Morgan fingerprint density at radius 3 is 2.50 bits per heavy atom. The summed E-state index contributed by atoms with van der Waals surface area (Å²) in [6, 6.07) is 7.48. The number of anilines is 1. The van der Waals surface area contributed by atoms with E-state index in [-0.39, 0.29) is 30.2 Å². The van der Waals surface area contributed by atoms with Crippen LogP contribution < -0.4 is 10.2 Å². The van der Waals surface area contributed by atoms with Gasteiger partial charge in [-0.05, 0) is 55.2 Å². The smallest absolute Gasteiger partial charge is 0.227 e. The van der Waals surface area contributed by atoms with Gasteiger partial charge in [0, 0.05) is 29.7 Å². The minimum atomic E-state index is -0.276. The molecule has 0 spiro atoms. The molecule has 1 aromatic carbocycles. The summed E-state index contributed by atoms with van der Waals surface area (Å²) in [6.45, 7) is 7.32. The van der Waals surface area contributed by atoms with Crippen molar-refractivity contribution in [3.05, 3.63) is 29.3 Å². The number of hydrogen-bond acceptors (Lipinski definition) is 2. The Labute approximate surface area is 161 Å². The van der Waals surface area contributed by atoms with Crippen LogP contribution in [0.25, 0.3) is 0 Å². The van der Waals surface area contributed by atoms with Crippen LogP contribution in [0.3, 0.4) is 0 Å². The third-order valence-corrected chi connectivity index (χ3v) is 6.15. The standard InChI is InChI=1S/C21H29ClN2O2/c1-21(2,3)15-7-9-17(10-8-15)23-20(26)14-11-19(25)24(13-14)18-6-4-5-16(22)12-18/h4-6,12,14-15,17H,7-11,13H2,1-3H3,(H,23,26)/t14-,15?,17?/m0/s1. The van der Waals surface area contributed by atoms with E-state index in [0.717, 1.165) is 37.3 Å². The molecule has 4 nitrogen and oxygen atoms in total. The topological polar surface area (TPSA) is 49.4 Å². The molecule has 1 saturated heterocycles. The first-order valence-electron chi connectivity index (χ1n) is 9.60. The minimum Gasteiger partial charge on any atom is -0.353 e. The van der Waals surface area contributed by atoms with Crippen molar-refractivity contribution in [3.63, 3.8) is 0 Å². The van der Waals surface area contributed by atoms with E-state index in [2.05, 4.69) is 26.1 Å². The van der Waals surface area contributed by atoms with Gasteiger partial charge in [0.25, 0.3) is 0 Å². The monoisotopic (exact) mass is 376 g/mol. The molecular formula is C21H29ClN2O2. The highest BCUT2D eigenvalue weighted by Gasteiger charge is 2.37. The van der Waals surface area contributed by atoms with Crippen molar-refractivity contribution in [2.45, 2.75) is 58.9 Å². The van der Waals surface area contributed by atoms with E-state index in [9.17, 15) is 9.59 Å². The molecule has 1 N–H and O–H groups in total. The molecule has 2 amide bonds. The number of carbonyl (C=O) groups excluding carboxylic acids is 2. The molecule has 3 rings (SSSR count). The van der Waals surface area contributed by atoms with Crippen LogP contribution in [-0.2, 0) is 9.59 Å². The lowest BCUT2D eigenvalue weighted by atomic mass is 9.71. The Morgan fingerprint density at radius 2 is 1.88 bits per heavy atom. The maximum absolute atomic E-state index is 12.7. The molecule has 1 heterocycles. The van der Waals surface area contributed by atoms with Crippen molar-refractivity contribution in [3.8, 4) is 0 Å². The maximum atomic E-state index is 12.7. The number of amides is 2. The van der Waals surface area contributed by atoms with Crippen molar-refractivity contribution in [1.29, 1.82) is 0 Å². The zero-order valence-corrected chi connectivity index (χ0v) is 16.7. The van der Waals surface area contributed by atoms with Crippen LogP contribution in [0, 0.1) is 17.3 Å². The van der Waals surface area contributed by atoms with Crippen molar-refractivity contribution in [2.24, 2.45) is 17.3 Å². The van der Waals surface area contributed by atoms with E-state index in [1.165, 1.54) is 0 Å². The molecule has 2 fully saturated rings. The van der Waals surface area contributed by atoms with Crippen molar-refractivity contribution < 1.29 is 9.59 Å². The van der Waals surface area contributed by atoms with Gasteiger partial charge in [-0.15, -0.1) is 0 Å². The SMILES string of the molecule is CC(C)(C)C1CCC(NC(=O)[C@H]2CC(=O)N(c3cccc(Cl)c3)C2)CC1. The van der Waals surface area contributed by atoms with Gasteiger partial charge in [0.05, 0.1) is 5.92 Å². The van der Waals surface area contributed by atoms with Gasteiger partial charge in [0.15, 0.2) is 0 Å². The summed E-state index contributed by atoms with van der Waals surface area (Å²) in [4.78, 5) is 26.7. The van der Waals surface area contributed by atoms with Gasteiger partial charge >= 0.3 is 0 Å². The van der Waals surface area contributed by atoms with Crippen molar-refractivity contribution in [1.82, 2.24) is 5.32 Å². The highest BCUT2D eigenvalue weighted by atomic mass is 35.5. The lowest BCUT2D eigenvalue weighted by Crippen LogP contribution is -2.42. The number of nitrogens with zero attached hydrogens (tertiary/aromatic N) is 1. The van der Waals surface area contributed by atoms with E-state index < -0.39 is 0 Å². The predicted octanol–water partition coefficient (Wildman–Crippen LogP) is 4.41. The lowest BCUT2D eigenvalue weighted by molar-refractivity contribution is -0.127. The van der Waals surface area contributed by atoms with Gasteiger partial charge < -0.3 is 10.2 Å². The molecule has 142 valence electrons. The Kier molecular flexibility index (Phi) is 5.61. The van der Waals surface area contributed by atoms with Crippen molar-refractivity contribution >= 4 is 29.1 Å². The van der Waals surface area contributed by atoms with Crippen LogP contribution in [0.2, 0.25) is 5.02 Å². The molecule has 1 aromatic rings. The van der Waals surface area contributed by atoms with Crippen LogP contribution >= 0.6 is 11.6 Å². The van der Waals surface area contributed by atoms with Gasteiger partial charge in [0.2, 0.25) is 11.8 Å². The van der Waals surface area contributed by atoms with Crippen LogP contribution in [0.4, 0.5) is 5.69 Å². The molecular weight excluding hydrogens is 348 g/mol. The van der Waals surface area contributed by atoms with Crippen LogP contribution in [0.15, 0.2) is 24.3 Å². The van der Waals surface area contributed by atoms with E-state index >= 15 is 0 Å². The normalized spacial score (nSPS) is 26.8. The zero-order chi connectivity index (χ0) is 18.9. The summed E-state index contributed by atoms with van der Waals surface area (Å²) in [5, 5.41) is 3.79. The first-order chi connectivity index (χ1) is 12.2. The number of halogens is 1. The predicted molar refractivity (Wildman–Crippen MR) is 105 cm³/mol. The highest BCUT2D eigenvalue weighted by molar-refractivity contribution is 6.30. The second-order valence-corrected chi connectivity index (χ2v) is 9.24. The summed E-state index contributed by atoms with van der Waals surface area (Å²) in [6.07, 6.45) is 4.66. The van der Waals surface area contributed by atoms with Crippen LogP contribution in [0.5, 0.6) is 0 Å². The highest BCUT2D eigenvalue weighted by Crippen LogP contribution is 2.38. The van der Waals surface area contributed by atoms with E-state index in [4.69, 9.17) is 11.6 Å². The van der Waals surface area contributed by atoms with E-state index in [1.54, 1.807) is 17.0 Å². The molecule has 1 atom stereocenters. The molecule has 1 aliphatic heterocycles. The third-order valence-electron chi connectivity index (χ3n) is 5.91. The van der Waals surface area contributed by atoms with Gasteiger partial charge in [-0.1, -0.05) is 38.4 Å². The van der Waals surface area contributed by atoms with Gasteiger partial charge in [-0.3, -0.25) is 9.59 Å². The third kappa shape index (κ3) is 4.40. The summed E-state index contributed by atoms with van der Waals surface area (Å²) < 4.78 is 0. The molecule has 26 heavy (non-hydrogen) atoms. The van der Waals surface area contributed by atoms with E-state index in [0.29, 0.717) is 17.0 Å². The number of hydrogen-bond donors (Lipinski definition) is 1. The number of benzene rings is 1. The lowest BCUT2D eigenvalue weighted by Gasteiger charge is -2.37. The van der Waals surface area contributed by atoms with Crippen LogP contribution in [-0.4, -0.2) is 24.4 Å². The molecule has 0 radical (unpaired) electrons. The molecule has 0 unspecified atom stereocenters. The Balaban J connectivity index is 1.54. The van der Waals surface area contributed by atoms with Gasteiger partial charge in [-0.2, -0.15) is 0 Å². The molecule has 1 aliphatic carbocycles. The van der Waals surface area contributed by atoms with Gasteiger partial charge in [0.1, 0.15) is 0 Å². The van der Waals surface area contributed by atoms with E-state index in [1.807, 2.05) is 12.1 Å². The summed E-state index contributed by atoms with van der Waals surface area (Å²) in [5.74, 6) is 0.454. The fourth-order valence-electron chi connectivity index (χ4n) is 4.20. The molecule has 0 aromatic heterocycles. The first kappa shape index (κ1) is 19.2. The fourth-order valence-corrected chi connectivity index (χ4v) is 4.38. The Morgan fingerprint density at radius 1 is 1.19 bits per heavy atom. The largest absolute Gasteiger partial charge is 0.353 e. The molecule has 0 bridgehead atoms. The quantitative estimate of drug-likeness (QED) is 0.849.